The normalized spacial score (nSPS) is 10.2. The van der Waals surface area contributed by atoms with Crippen LogP contribution in [0.15, 0.2) is 46.9 Å². The zero-order valence-electron chi connectivity index (χ0n) is 9.71. The zero-order valence-corrected chi connectivity index (χ0v) is 12.0. The van der Waals surface area contributed by atoms with Crippen LogP contribution in [0.3, 0.4) is 0 Å². The second kappa shape index (κ2) is 5.55. The van der Waals surface area contributed by atoms with Crippen LogP contribution < -0.4 is 5.32 Å². The lowest BCUT2D eigenvalue weighted by atomic mass is 10.1. The van der Waals surface area contributed by atoms with Gasteiger partial charge in [0, 0.05) is 10.0 Å². The zero-order chi connectivity index (χ0) is 13.1. The molecule has 0 aliphatic heterocycles. The lowest BCUT2D eigenvalue weighted by Gasteiger charge is -2.08. The van der Waals surface area contributed by atoms with E-state index in [1.807, 2.05) is 31.2 Å². The fourth-order valence-electron chi connectivity index (χ4n) is 1.57. The van der Waals surface area contributed by atoms with E-state index in [0.717, 1.165) is 10.0 Å². The van der Waals surface area contributed by atoms with Crippen LogP contribution in [0.25, 0.3) is 0 Å². The number of hydrogen-bond acceptors (Lipinski definition) is 1. The summed E-state index contributed by atoms with van der Waals surface area (Å²) in [5, 5.41) is 3.29. The number of carbonyl (C=O) groups is 1. The number of benzene rings is 2. The Morgan fingerprint density at radius 1 is 1.22 bits per heavy atom. The Hall–Kier alpha value is -1.32. The van der Waals surface area contributed by atoms with Crippen molar-refractivity contribution in [2.24, 2.45) is 0 Å². The van der Waals surface area contributed by atoms with Gasteiger partial charge < -0.3 is 5.32 Å². The molecule has 0 atom stereocenters. The van der Waals surface area contributed by atoms with Crippen molar-refractivity contribution in [3.8, 4) is 0 Å². The molecule has 0 aromatic heterocycles. The average Bonchev–Trinajstić information content (AvgIpc) is 2.32. The van der Waals surface area contributed by atoms with Gasteiger partial charge in [0.25, 0.3) is 5.91 Å². The summed E-state index contributed by atoms with van der Waals surface area (Å²) in [7, 11) is 0. The molecule has 0 heterocycles. The van der Waals surface area contributed by atoms with E-state index in [1.54, 1.807) is 18.2 Å². The number of rotatable bonds is 2. The topological polar surface area (TPSA) is 29.1 Å². The second-order valence-corrected chi connectivity index (χ2v) is 5.27. The van der Waals surface area contributed by atoms with Gasteiger partial charge in [0.2, 0.25) is 0 Å². The van der Waals surface area contributed by atoms with Crippen LogP contribution in [0, 0.1) is 6.92 Å². The molecule has 4 heteroatoms. The summed E-state index contributed by atoms with van der Waals surface area (Å²) in [6.45, 7) is 1.95. The molecule has 2 aromatic carbocycles. The van der Waals surface area contributed by atoms with E-state index >= 15 is 0 Å². The highest BCUT2D eigenvalue weighted by Gasteiger charge is 2.08. The number of hydrogen-bond donors (Lipinski definition) is 1. The molecule has 2 aromatic rings. The summed E-state index contributed by atoms with van der Waals surface area (Å²) in [5.41, 5.74) is 2.27. The lowest BCUT2D eigenvalue weighted by molar-refractivity contribution is 0.102. The van der Waals surface area contributed by atoms with E-state index in [1.165, 1.54) is 0 Å². The molecule has 1 amide bonds. The first kappa shape index (κ1) is 13.1. The maximum atomic E-state index is 12.0. The molecular formula is C14H11BrClNO. The number of aryl methyl sites for hydroxylation is 1. The van der Waals surface area contributed by atoms with Crippen molar-refractivity contribution >= 4 is 39.1 Å². The highest BCUT2D eigenvalue weighted by molar-refractivity contribution is 9.10. The standard InChI is InChI=1S/C14H11BrClNO/c1-9-3-2-4-10(7-9)14(18)17-13-6-5-11(15)8-12(13)16/h2-8H,1H3,(H,17,18). The van der Waals surface area contributed by atoms with Crippen molar-refractivity contribution in [2.45, 2.75) is 6.92 Å². The van der Waals surface area contributed by atoms with Gasteiger partial charge in [-0.25, -0.2) is 0 Å². The average molecular weight is 325 g/mol. The van der Waals surface area contributed by atoms with Gasteiger partial charge in [-0.15, -0.1) is 0 Å². The third kappa shape index (κ3) is 3.12. The smallest absolute Gasteiger partial charge is 0.255 e. The van der Waals surface area contributed by atoms with Crippen molar-refractivity contribution in [2.75, 3.05) is 5.32 Å². The summed E-state index contributed by atoms with van der Waals surface area (Å²) in [4.78, 5) is 12.0. The number of carbonyl (C=O) groups excluding carboxylic acids is 1. The van der Waals surface area contributed by atoms with Crippen molar-refractivity contribution in [3.05, 3.63) is 63.1 Å². The van der Waals surface area contributed by atoms with Crippen LogP contribution in [0.1, 0.15) is 15.9 Å². The minimum Gasteiger partial charge on any atom is -0.321 e. The quantitative estimate of drug-likeness (QED) is 0.855. The Kier molecular flexibility index (Phi) is 4.04. The van der Waals surface area contributed by atoms with Gasteiger partial charge in [0.15, 0.2) is 0 Å². The van der Waals surface area contributed by atoms with Gasteiger partial charge in [-0.3, -0.25) is 4.79 Å². The van der Waals surface area contributed by atoms with Gasteiger partial charge in [-0.1, -0.05) is 45.2 Å². The molecule has 0 unspecified atom stereocenters. The van der Waals surface area contributed by atoms with E-state index in [2.05, 4.69) is 21.2 Å². The van der Waals surface area contributed by atoms with Gasteiger partial charge in [-0.2, -0.15) is 0 Å². The van der Waals surface area contributed by atoms with Crippen LogP contribution in [-0.2, 0) is 0 Å². The summed E-state index contributed by atoms with van der Waals surface area (Å²) in [6, 6.07) is 12.7. The Labute approximate surface area is 119 Å². The lowest BCUT2D eigenvalue weighted by Crippen LogP contribution is -2.12. The van der Waals surface area contributed by atoms with Crippen LogP contribution in [-0.4, -0.2) is 5.91 Å². The first-order valence-electron chi connectivity index (χ1n) is 5.39. The molecule has 0 spiro atoms. The maximum Gasteiger partial charge on any atom is 0.255 e. The van der Waals surface area contributed by atoms with Crippen molar-refractivity contribution in [1.29, 1.82) is 0 Å². The van der Waals surface area contributed by atoms with Gasteiger partial charge in [0.05, 0.1) is 10.7 Å². The largest absolute Gasteiger partial charge is 0.321 e. The molecule has 0 saturated heterocycles. The number of amides is 1. The number of halogens is 2. The molecule has 0 aliphatic carbocycles. The maximum absolute atomic E-state index is 12.0. The van der Waals surface area contributed by atoms with Crippen LogP contribution in [0.2, 0.25) is 5.02 Å². The molecule has 0 fully saturated rings. The van der Waals surface area contributed by atoms with E-state index in [4.69, 9.17) is 11.6 Å². The molecular weight excluding hydrogens is 314 g/mol. The van der Waals surface area contributed by atoms with Gasteiger partial charge in [-0.05, 0) is 37.3 Å². The first-order valence-corrected chi connectivity index (χ1v) is 6.56. The van der Waals surface area contributed by atoms with E-state index in [-0.39, 0.29) is 5.91 Å². The molecule has 1 N–H and O–H groups in total. The third-order valence-corrected chi connectivity index (χ3v) is 3.27. The van der Waals surface area contributed by atoms with Gasteiger partial charge in [0.1, 0.15) is 0 Å². The van der Waals surface area contributed by atoms with Crippen molar-refractivity contribution in [1.82, 2.24) is 0 Å². The highest BCUT2D eigenvalue weighted by atomic mass is 79.9. The Balaban J connectivity index is 2.21. The summed E-state index contributed by atoms with van der Waals surface area (Å²) in [6.07, 6.45) is 0. The minimum atomic E-state index is -0.164. The molecule has 0 radical (unpaired) electrons. The number of nitrogens with one attached hydrogen (secondary N) is 1. The van der Waals surface area contributed by atoms with E-state index in [9.17, 15) is 4.79 Å². The molecule has 0 bridgehead atoms. The first-order chi connectivity index (χ1) is 8.56. The Bertz CT molecular complexity index is 598. The second-order valence-electron chi connectivity index (χ2n) is 3.95. The Morgan fingerprint density at radius 3 is 2.67 bits per heavy atom. The summed E-state index contributed by atoms with van der Waals surface area (Å²) in [5.74, 6) is -0.164. The highest BCUT2D eigenvalue weighted by Crippen LogP contribution is 2.26. The van der Waals surface area contributed by atoms with Crippen LogP contribution in [0.4, 0.5) is 5.69 Å². The minimum absolute atomic E-state index is 0.164. The summed E-state index contributed by atoms with van der Waals surface area (Å²) < 4.78 is 0.876. The van der Waals surface area contributed by atoms with Gasteiger partial charge >= 0.3 is 0 Å². The Morgan fingerprint density at radius 2 is 2.00 bits per heavy atom. The monoisotopic (exact) mass is 323 g/mol. The summed E-state index contributed by atoms with van der Waals surface area (Å²) >= 11 is 9.37. The van der Waals surface area contributed by atoms with E-state index in [0.29, 0.717) is 16.3 Å². The SMILES string of the molecule is Cc1cccc(C(=O)Nc2ccc(Br)cc2Cl)c1. The number of anilines is 1. The van der Waals surface area contributed by atoms with Crippen LogP contribution in [0.5, 0.6) is 0 Å². The molecule has 0 aliphatic rings. The van der Waals surface area contributed by atoms with Crippen molar-refractivity contribution < 1.29 is 4.79 Å². The molecule has 2 rings (SSSR count). The predicted octanol–water partition coefficient (Wildman–Crippen LogP) is 4.66. The fourth-order valence-corrected chi connectivity index (χ4v) is 2.29. The molecule has 92 valence electrons. The fraction of sp³-hybridized carbons (Fsp3) is 0.0714. The molecule has 2 nitrogen and oxygen atoms in total. The van der Waals surface area contributed by atoms with E-state index < -0.39 is 0 Å². The predicted molar refractivity (Wildman–Crippen MR) is 78.3 cm³/mol. The molecule has 18 heavy (non-hydrogen) atoms. The van der Waals surface area contributed by atoms with Crippen LogP contribution >= 0.6 is 27.5 Å². The third-order valence-electron chi connectivity index (χ3n) is 2.46. The molecule has 0 saturated carbocycles. The van der Waals surface area contributed by atoms with Crippen molar-refractivity contribution in [3.63, 3.8) is 0 Å².